The number of aromatic nitrogens is 6. The Balaban J connectivity index is 1.57. The molecule has 0 saturated carbocycles. The van der Waals surface area contributed by atoms with Crippen LogP contribution in [-0.4, -0.2) is 89.1 Å². The number of hydrogen-bond donors (Lipinski definition) is 2. The fourth-order valence-electron chi connectivity index (χ4n) is 4.40. The number of carboxylic acid groups (broad SMARTS) is 1. The van der Waals surface area contributed by atoms with Crippen molar-refractivity contribution in [2.45, 2.75) is 32.2 Å². The van der Waals surface area contributed by atoms with E-state index in [1.807, 2.05) is 15.8 Å². The molecule has 0 radical (unpaired) electrons. The average Bonchev–Trinajstić information content (AvgIpc) is 3.42. The summed E-state index contributed by atoms with van der Waals surface area (Å²) in [5.74, 6) is -0.315. The minimum atomic E-state index is -0.987. The molecule has 0 atom stereocenters. The Morgan fingerprint density at radius 1 is 1.06 bits per heavy atom. The number of carbonyl (C=O) groups excluding carboxylic acids is 1. The summed E-state index contributed by atoms with van der Waals surface area (Å²) in [6, 6.07) is 0. The minimum Gasteiger partial charge on any atom is -0.480 e. The second-order valence-corrected chi connectivity index (χ2v) is 8.05. The summed E-state index contributed by atoms with van der Waals surface area (Å²) in [7, 11) is 0. The number of carbonyl (C=O) groups is 2. The minimum absolute atomic E-state index is 0.262. The summed E-state index contributed by atoms with van der Waals surface area (Å²) in [5, 5.41) is 23.0. The van der Waals surface area contributed by atoms with E-state index in [2.05, 4.69) is 15.1 Å². The predicted molar refractivity (Wildman–Crippen MR) is 113 cm³/mol. The molecule has 1 saturated heterocycles. The lowest BCUT2D eigenvalue weighted by molar-refractivity contribution is -0.137. The number of aliphatic hydroxyl groups excluding tert-OH is 1. The van der Waals surface area contributed by atoms with Gasteiger partial charge in [-0.1, -0.05) is 0 Å². The zero-order valence-corrected chi connectivity index (χ0v) is 17.5. The number of aliphatic hydroxyl groups is 1. The smallest absolute Gasteiger partial charge is 0.323 e. The fraction of sp³-hybridized carbons (Fsp3) is 0.500. The summed E-state index contributed by atoms with van der Waals surface area (Å²) in [4.78, 5) is 40.6. The topological polar surface area (TPSA) is 142 Å². The highest BCUT2D eigenvalue weighted by atomic mass is 16.4. The molecule has 5 rings (SSSR count). The van der Waals surface area contributed by atoms with Gasteiger partial charge in [0, 0.05) is 31.9 Å². The third kappa shape index (κ3) is 3.55. The van der Waals surface area contributed by atoms with E-state index in [0.29, 0.717) is 49.1 Å². The Hall–Kier alpha value is -3.54. The first-order valence-electron chi connectivity index (χ1n) is 10.7. The number of aliphatic carboxylic acids is 1. The average molecular weight is 440 g/mol. The van der Waals surface area contributed by atoms with Crippen molar-refractivity contribution in [3.05, 3.63) is 23.8 Å². The molecule has 0 unspecified atom stereocenters. The van der Waals surface area contributed by atoms with Gasteiger partial charge >= 0.3 is 5.97 Å². The second kappa shape index (κ2) is 8.19. The van der Waals surface area contributed by atoms with Crippen LogP contribution in [0.25, 0.3) is 17.0 Å². The van der Waals surface area contributed by atoms with Gasteiger partial charge in [-0.15, -0.1) is 0 Å². The summed E-state index contributed by atoms with van der Waals surface area (Å²) in [6.07, 6.45) is 7.42. The van der Waals surface area contributed by atoms with Gasteiger partial charge in [0.25, 0.3) is 0 Å². The number of hydrogen-bond acceptors (Lipinski definition) is 8. The second-order valence-electron chi connectivity index (χ2n) is 8.05. The Morgan fingerprint density at radius 3 is 2.59 bits per heavy atom. The molecule has 0 bridgehead atoms. The van der Waals surface area contributed by atoms with Gasteiger partial charge in [0.1, 0.15) is 13.2 Å². The summed E-state index contributed by atoms with van der Waals surface area (Å²) >= 11 is 0. The number of rotatable bonds is 5. The highest BCUT2D eigenvalue weighted by Gasteiger charge is 2.26. The van der Waals surface area contributed by atoms with Crippen molar-refractivity contribution in [3.63, 3.8) is 0 Å². The molecule has 3 aromatic heterocycles. The van der Waals surface area contributed by atoms with Crippen LogP contribution in [0, 0.1) is 0 Å². The van der Waals surface area contributed by atoms with Crippen LogP contribution in [-0.2, 0) is 29.0 Å². The predicted octanol–water partition coefficient (Wildman–Crippen LogP) is -0.384. The maximum absolute atomic E-state index is 11.8. The molecule has 3 aromatic rings. The molecule has 4 heterocycles. The van der Waals surface area contributed by atoms with E-state index in [4.69, 9.17) is 10.1 Å². The van der Waals surface area contributed by atoms with Gasteiger partial charge in [0.2, 0.25) is 11.9 Å². The van der Waals surface area contributed by atoms with Crippen LogP contribution in [0.5, 0.6) is 0 Å². The first kappa shape index (κ1) is 20.4. The number of aryl methyl sites for hydroxylation is 1. The molecular weight excluding hydrogens is 416 g/mol. The number of fused-ring (bicyclic) bond motifs is 2. The number of carboxylic acids is 1. The lowest BCUT2D eigenvalue weighted by Gasteiger charge is -2.34. The van der Waals surface area contributed by atoms with Crippen LogP contribution >= 0.6 is 0 Å². The van der Waals surface area contributed by atoms with Crippen LogP contribution in [0.4, 0.5) is 5.95 Å². The van der Waals surface area contributed by atoms with E-state index < -0.39 is 12.6 Å². The Morgan fingerprint density at radius 2 is 1.84 bits per heavy atom. The third-order valence-electron chi connectivity index (χ3n) is 6.06. The maximum atomic E-state index is 11.8. The number of piperazine rings is 1. The largest absolute Gasteiger partial charge is 0.480 e. The van der Waals surface area contributed by atoms with E-state index in [-0.39, 0.29) is 12.5 Å². The van der Waals surface area contributed by atoms with Crippen molar-refractivity contribution < 1.29 is 19.8 Å². The van der Waals surface area contributed by atoms with Crippen molar-refractivity contribution in [1.29, 1.82) is 0 Å². The molecule has 2 N–H and O–H groups in total. The van der Waals surface area contributed by atoms with Crippen molar-refractivity contribution in [1.82, 2.24) is 34.2 Å². The summed E-state index contributed by atoms with van der Waals surface area (Å²) in [5.41, 5.74) is 3.24. The van der Waals surface area contributed by atoms with Crippen LogP contribution in [0.1, 0.15) is 24.1 Å². The molecule has 0 aromatic carbocycles. The molecule has 0 spiro atoms. The molecular formula is C20H24N8O4. The van der Waals surface area contributed by atoms with Gasteiger partial charge in [-0.05, 0) is 31.2 Å². The van der Waals surface area contributed by atoms with Crippen LogP contribution in [0.15, 0.2) is 12.5 Å². The zero-order valence-electron chi connectivity index (χ0n) is 17.5. The molecule has 32 heavy (non-hydrogen) atoms. The van der Waals surface area contributed by atoms with E-state index in [1.165, 1.54) is 16.5 Å². The monoisotopic (exact) mass is 440 g/mol. The fourth-order valence-corrected chi connectivity index (χ4v) is 4.40. The number of nitrogens with zero attached hydrogens (tertiary/aromatic N) is 8. The highest BCUT2D eigenvalue weighted by Crippen LogP contribution is 2.27. The Labute approximate surface area is 183 Å². The number of imidazole rings is 1. The van der Waals surface area contributed by atoms with Gasteiger partial charge in [0.15, 0.2) is 17.0 Å². The van der Waals surface area contributed by atoms with Crippen molar-refractivity contribution in [3.8, 4) is 5.82 Å². The molecule has 2 aliphatic rings. The summed E-state index contributed by atoms with van der Waals surface area (Å²) < 4.78 is 3.31. The van der Waals surface area contributed by atoms with Crippen molar-refractivity contribution in [2.75, 3.05) is 37.7 Å². The van der Waals surface area contributed by atoms with Crippen LogP contribution in [0.3, 0.4) is 0 Å². The van der Waals surface area contributed by atoms with E-state index in [1.54, 1.807) is 4.90 Å². The standard InChI is InChI=1S/C20H24N8O4/c29-11-15(30)25-5-7-26(8-6-25)20-23-18-17(21-12-27(18)10-16(31)32)19(24-20)28-14-4-2-1-3-13(14)9-22-28/h9,12,29H,1-8,10-11H2,(H,31,32). The Kier molecular flexibility index (Phi) is 5.21. The molecule has 1 aliphatic carbocycles. The first-order valence-corrected chi connectivity index (χ1v) is 10.7. The highest BCUT2D eigenvalue weighted by molar-refractivity contribution is 5.82. The van der Waals surface area contributed by atoms with E-state index in [9.17, 15) is 14.7 Å². The number of amides is 1. The zero-order chi connectivity index (χ0) is 22.2. The molecule has 12 nitrogen and oxygen atoms in total. The van der Waals surface area contributed by atoms with Crippen LogP contribution < -0.4 is 4.90 Å². The Bertz CT molecular complexity index is 1180. The molecule has 12 heteroatoms. The summed E-state index contributed by atoms with van der Waals surface area (Å²) in [6.45, 7) is 1.12. The van der Waals surface area contributed by atoms with Gasteiger partial charge in [-0.3, -0.25) is 9.59 Å². The van der Waals surface area contributed by atoms with Crippen molar-refractivity contribution in [2.24, 2.45) is 0 Å². The van der Waals surface area contributed by atoms with E-state index in [0.717, 1.165) is 31.4 Å². The van der Waals surface area contributed by atoms with Crippen molar-refractivity contribution >= 4 is 29.0 Å². The molecule has 1 amide bonds. The molecule has 1 fully saturated rings. The quantitative estimate of drug-likeness (QED) is 0.542. The lowest BCUT2D eigenvalue weighted by Crippen LogP contribution is -2.50. The third-order valence-corrected chi connectivity index (χ3v) is 6.06. The van der Waals surface area contributed by atoms with Gasteiger partial charge in [-0.25, -0.2) is 9.67 Å². The SMILES string of the molecule is O=C(O)Cn1cnc2c(-n3ncc4c3CCCC4)nc(N3CCN(C(=O)CO)CC3)nc21. The normalized spacial score (nSPS) is 16.4. The van der Waals surface area contributed by atoms with E-state index >= 15 is 0 Å². The maximum Gasteiger partial charge on any atom is 0.323 e. The molecule has 168 valence electrons. The van der Waals surface area contributed by atoms with Gasteiger partial charge in [0.05, 0.1) is 12.5 Å². The molecule has 1 aliphatic heterocycles. The van der Waals surface area contributed by atoms with Crippen LogP contribution in [0.2, 0.25) is 0 Å². The van der Waals surface area contributed by atoms with Gasteiger partial charge < -0.3 is 24.6 Å². The first-order chi connectivity index (χ1) is 15.5. The number of anilines is 1. The van der Waals surface area contributed by atoms with Gasteiger partial charge in [-0.2, -0.15) is 15.1 Å². The lowest BCUT2D eigenvalue weighted by atomic mass is 9.98.